The van der Waals surface area contributed by atoms with Gasteiger partial charge in [0.1, 0.15) is 0 Å². The van der Waals surface area contributed by atoms with E-state index in [1.54, 1.807) is 0 Å². The van der Waals surface area contributed by atoms with Gasteiger partial charge in [0, 0.05) is 0 Å². The second kappa shape index (κ2) is 6.77. The molecule has 0 saturated carbocycles. The third-order valence-electron chi connectivity index (χ3n) is 3.08. The van der Waals surface area contributed by atoms with E-state index in [0.29, 0.717) is 0 Å². The first-order chi connectivity index (χ1) is 12.0. The van der Waals surface area contributed by atoms with Crippen molar-refractivity contribution in [2.24, 2.45) is 0 Å². The Kier molecular flexibility index (Phi) is 6.66. The molecule has 0 N–H and O–H groups in total. The number of hydrogen-bond acceptors (Lipinski definition) is 0. The monoisotopic (exact) mass is 536 g/mol. The van der Waals surface area contributed by atoms with E-state index in [1.807, 2.05) is 0 Å². The molecule has 0 aliphatic heterocycles. The van der Waals surface area contributed by atoms with Crippen molar-refractivity contribution in [3.8, 4) is 0 Å². The number of halogens is 20. The van der Waals surface area contributed by atoms with Gasteiger partial charge in [0.25, 0.3) is 0 Å². The van der Waals surface area contributed by atoms with E-state index in [0.717, 1.165) is 0 Å². The molecule has 0 aromatic heterocycles. The Bertz CT molecular complexity index is 562. The maximum Gasteiger partial charge on any atom is 0.460 e. The predicted molar refractivity (Wildman–Crippen MR) is 59.3 cm³/mol. The summed E-state index contributed by atoms with van der Waals surface area (Å²) in [6.45, 7) is -8.20. The molecule has 0 aromatic carbocycles. The van der Waals surface area contributed by atoms with Gasteiger partial charge in [0.05, 0.1) is 0 Å². The first-order valence-electron chi connectivity index (χ1n) is 5.78. The quantitative estimate of drug-likeness (QED) is 0.196. The SMILES string of the molecule is FC(F)(F)C(F)(F)C(F)(F)C(F)(F)C(F)(F)C(F)(F)C(F)(F)[Si](Cl)(Cl)C(F)(F)F. The first kappa shape index (κ1) is 28.5. The summed E-state index contributed by atoms with van der Waals surface area (Å²) in [7, 11) is 0. The molecule has 21 heteroatoms. The van der Waals surface area contributed by atoms with E-state index in [9.17, 15) is 79.0 Å². The van der Waals surface area contributed by atoms with Crippen molar-refractivity contribution in [2.45, 2.75) is 47.1 Å². The molecule has 0 aromatic rings. The van der Waals surface area contributed by atoms with E-state index < -0.39 is 53.8 Å². The van der Waals surface area contributed by atoms with Crippen LogP contribution in [0.15, 0.2) is 0 Å². The minimum absolute atomic E-state index is 3.88. The van der Waals surface area contributed by atoms with Crippen LogP contribution in [0.3, 0.4) is 0 Å². The minimum Gasteiger partial charge on any atom is -0.201 e. The standard InChI is InChI=1S/C8Cl2F18Si/c9-29(10,8(26,27)28)7(24,25)5(19,20)3(15,16)1(11,12)2(13,14)4(17,18)6(21,22)23. The Hall–Kier alpha value is -0.463. The smallest absolute Gasteiger partial charge is 0.201 e. The van der Waals surface area contributed by atoms with Gasteiger partial charge in [-0.3, -0.25) is 0 Å². The van der Waals surface area contributed by atoms with E-state index in [-0.39, 0.29) is 0 Å². The third kappa shape index (κ3) is 3.51. The molecule has 0 atom stereocenters. The highest BCUT2D eigenvalue weighted by Gasteiger charge is 2.96. The lowest BCUT2D eigenvalue weighted by Crippen LogP contribution is -2.76. The minimum atomic E-state index is -8.71. The fourth-order valence-corrected chi connectivity index (χ4v) is 2.96. The van der Waals surface area contributed by atoms with Crippen LogP contribution >= 0.6 is 22.2 Å². The highest BCUT2D eigenvalue weighted by Crippen LogP contribution is 2.64. The Morgan fingerprint density at radius 1 is 0.379 bits per heavy atom. The van der Waals surface area contributed by atoms with Gasteiger partial charge < -0.3 is 0 Å². The van der Waals surface area contributed by atoms with Gasteiger partial charge in [0.2, 0.25) is 0 Å². The van der Waals surface area contributed by atoms with Crippen LogP contribution in [0.2, 0.25) is 0 Å². The fraction of sp³-hybridized carbons (Fsp3) is 1.00. The summed E-state index contributed by atoms with van der Waals surface area (Å²) in [5.41, 5.74) is -7.74. The molecule has 0 aliphatic rings. The normalized spacial score (nSPS) is 17.0. The third-order valence-corrected chi connectivity index (χ3v) is 7.60. The van der Waals surface area contributed by atoms with E-state index >= 15 is 0 Å². The maximum absolute atomic E-state index is 13.3. The van der Waals surface area contributed by atoms with Crippen molar-refractivity contribution in [3.05, 3.63) is 0 Å². The molecule has 29 heavy (non-hydrogen) atoms. The zero-order valence-electron chi connectivity index (χ0n) is 12.1. The molecule has 0 radical (unpaired) electrons. The van der Waals surface area contributed by atoms with Crippen molar-refractivity contribution >= 4 is 28.9 Å². The second-order valence-corrected chi connectivity index (χ2v) is 11.3. The molecular weight excluding hydrogens is 537 g/mol. The molecular formula is C8Cl2F18Si. The number of hydrogen-bond donors (Lipinski definition) is 0. The van der Waals surface area contributed by atoms with Crippen LogP contribution < -0.4 is 0 Å². The predicted octanol–water partition coefficient (Wildman–Crippen LogP) is 6.92. The first-order valence-corrected chi connectivity index (χ1v) is 9.80. The lowest BCUT2D eigenvalue weighted by Gasteiger charge is -2.43. The molecule has 0 heterocycles. The average molecular weight is 537 g/mol. The van der Waals surface area contributed by atoms with Crippen LogP contribution in [0, 0.1) is 0 Å². The summed E-state index contributed by atoms with van der Waals surface area (Å²) in [6.07, 6.45) is -7.82. The molecule has 0 aliphatic carbocycles. The van der Waals surface area contributed by atoms with Crippen molar-refractivity contribution < 1.29 is 79.0 Å². The zero-order valence-corrected chi connectivity index (χ0v) is 14.6. The van der Waals surface area contributed by atoms with Crippen LogP contribution in [0.25, 0.3) is 0 Å². The molecule has 0 bridgehead atoms. The summed E-state index contributed by atoms with van der Waals surface area (Å²) >= 11 is 7.75. The number of rotatable bonds is 6. The molecule has 0 rings (SSSR count). The van der Waals surface area contributed by atoms with E-state index in [2.05, 4.69) is 22.2 Å². The highest BCUT2D eigenvalue weighted by molar-refractivity contribution is 7.47. The van der Waals surface area contributed by atoms with Gasteiger partial charge in [-0.2, -0.15) is 70.2 Å². The molecule has 0 unspecified atom stereocenters. The average Bonchev–Trinajstić information content (AvgIpc) is 2.43. The Morgan fingerprint density at radius 3 is 0.862 bits per heavy atom. The van der Waals surface area contributed by atoms with Crippen molar-refractivity contribution in [1.82, 2.24) is 0 Å². The maximum atomic E-state index is 13.3. The van der Waals surface area contributed by atoms with Gasteiger partial charge in [-0.1, -0.05) is 0 Å². The van der Waals surface area contributed by atoms with Gasteiger partial charge in [-0.05, 0) is 0 Å². The molecule has 0 amide bonds. The van der Waals surface area contributed by atoms with Crippen molar-refractivity contribution in [3.63, 3.8) is 0 Å². The molecule has 0 nitrogen and oxygen atoms in total. The fourth-order valence-electron chi connectivity index (χ4n) is 1.34. The highest BCUT2D eigenvalue weighted by atomic mass is 35.7. The molecule has 0 spiro atoms. The lowest BCUT2D eigenvalue weighted by molar-refractivity contribution is -0.448. The van der Waals surface area contributed by atoms with E-state index in [4.69, 9.17) is 0 Å². The molecule has 0 saturated heterocycles. The van der Waals surface area contributed by atoms with Crippen molar-refractivity contribution in [2.75, 3.05) is 0 Å². The second-order valence-electron chi connectivity index (χ2n) is 5.02. The van der Waals surface area contributed by atoms with Crippen LogP contribution in [-0.4, -0.2) is 53.8 Å². The Morgan fingerprint density at radius 2 is 0.621 bits per heavy atom. The summed E-state index contributed by atoms with van der Waals surface area (Å²) in [5.74, 6) is -49.5. The molecule has 176 valence electrons. The van der Waals surface area contributed by atoms with Crippen LogP contribution in [0.1, 0.15) is 0 Å². The summed E-state index contributed by atoms with van der Waals surface area (Å²) < 4.78 is 228. The summed E-state index contributed by atoms with van der Waals surface area (Å²) in [5, 5.41) is 0. The summed E-state index contributed by atoms with van der Waals surface area (Å²) in [6, 6.07) is 0. The zero-order chi connectivity index (χ0) is 24.5. The summed E-state index contributed by atoms with van der Waals surface area (Å²) in [4.78, 5) is 0. The van der Waals surface area contributed by atoms with Crippen molar-refractivity contribution in [1.29, 1.82) is 0 Å². The largest absolute Gasteiger partial charge is 0.460 e. The van der Waals surface area contributed by atoms with Gasteiger partial charge >= 0.3 is 53.8 Å². The van der Waals surface area contributed by atoms with Gasteiger partial charge in [-0.15, -0.1) is 22.2 Å². The Labute approximate surface area is 156 Å². The van der Waals surface area contributed by atoms with Crippen LogP contribution in [-0.2, 0) is 0 Å². The van der Waals surface area contributed by atoms with E-state index in [1.165, 1.54) is 0 Å². The topological polar surface area (TPSA) is 0 Å². The Balaban J connectivity index is 6.82. The van der Waals surface area contributed by atoms with Gasteiger partial charge in [-0.25, -0.2) is 8.78 Å². The lowest BCUT2D eigenvalue weighted by atomic mass is 9.94. The van der Waals surface area contributed by atoms with Gasteiger partial charge in [0.15, 0.2) is 0 Å². The molecule has 0 fully saturated rings. The number of alkyl halides is 18. The van der Waals surface area contributed by atoms with Crippen LogP contribution in [0.5, 0.6) is 0 Å². The van der Waals surface area contributed by atoms with Crippen LogP contribution in [0.4, 0.5) is 79.0 Å².